The second-order valence-corrected chi connectivity index (χ2v) is 4.01. The summed E-state index contributed by atoms with van der Waals surface area (Å²) >= 11 is 0. The minimum Gasteiger partial charge on any atom is -0.467 e. The Morgan fingerprint density at radius 3 is 2.41 bits per heavy atom. The number of nitrogens with zero attached hydrogens (tertiary/aromatic N) is 3. The molecule has 0 aliphatic rings. The Bertz CT molecular complexity index is 354. The van der Waals surface area contributed by atoms with Crippen molar-refractivity contribution in [2.45, 2.75) is 39.7 Å². The predicted molar refractivity (Wildman–Crippen MR) is 67.9 cm³/mol. The van der Waals surface area contributed by atoms with Gasteiger partial charge in [-0.05, 0) is 12.8 Å². The van der Waals surface area contributed by atoms with Gasteiger partial charge < -0.3 is 15.8 Å². The quantitative estimate of drug-likeness (QED) is 0.785. The number of hydrogen-bond acceptors (Lipinski definition) is 6. The maximum Gasteiger partial charge on any atom is 0.322 e. The highest BCUT2D eigenvalue weighted by Gasteiger charge is 2.15. The molecule has 1 atom stereocenters. The predicted octanol–water partition coefficient (Wildman–Crippen LogP) is 1.70. The first-order valence-electron chi connectivity index (χ1n) is 5.92. The summed E-state index contributed by atoms with van der Waals surface area (Å²) in [7, 11) is 1.50. The summed E-state index contributed by atoms with van der Waals surface area (Å²) in [5.41, 5.74) is 5.57. The van der Waals surface area contributed by atoms with E-state index in [1.807, 2.05) is 0 Å². The molecule has 0 aromatic carbocycles. The van der Waals surface area contributed by atoms with E-state index in [9.17, 15) is 0 Å². The summed E-state index contributed by atoms with van der Waals surface area (Å²) in [6.07, 6.45) is 2.23. The summed E-state index contributed by atoms with van der Waals surface area (Å²) < 4.78 is 4.95. The number of anilines is 2. The van der Waals surface area contributed by atoms with Crippen molar-refractivity contribution >= 4 is 11.9 Å². The first-order valence-corrected chi connectivity index (χ1v) is 5.92. The zero-order valence-electron chi connectivity index (χ0n) is 10.9. The molecule has 1 rings (SSSR count). The van der Waals surface area contributed by atoms with Crippen LogP contribution < -0.4 is 15.8 Å². The Hall–Kier alpha value is -1.59. The number of nitrogens with one attached hydrogen (secondary N) is 1. The average molecular weight is 239 g/mol. The highest BCUT2D eigenvalue weighted by Crippen LogP contribution is 2.17. The van der Waals surface area contributed by atoms with Gasteiger partial charge >= 0.3 is 6.01 Å². The van der Waals surface area contributed by atoms with Crippen LogP contribution in [0.25, 0.3) is 0 Å². The second kappa shape index (κ2) is 6.22. The highest BCUT2D eigenvalue weighted by molar-refractivity contribution is 5.33. The van der Waals surface area contributed by atoms with Crippen molar-refractivity contribution in [3.8, 4) is 6.01 Å². The first kappa shape index (κ1) is 13.5. The van der Waals surface area contributed by atoms with E-state index < -0.39 is 0 Å². The fourth-order valence-electron chi connectivity index (χ4n) is 1.85. The second-order valence-electron chi connectivity index (χ2n) is 4.01. The summed E-state index contributed by atoms with van der Waals surface area (Å²) in [6.45, 7) is 6.47. The van der Waals surface area contributed by atoms with Gasteiger partial charge in [0, 0.05) is 6.04 Å². The smallest absolute Gasteiger partial charge is 0.322 e. The Labute approximate surface area is 102 Å². The molecule has 1 aromatic rings. The Kier molecular flexibility index (Phi) is 4.93. The molecule has 1 unspecified atom stereocenters. The molecule has 1 heterocycles. The molecule has 96 valence electrons. The Morgan fingerprint density at radius 1 is 1.24 bits per heavy atom. The topological polar surface area (TPSA) is 86.0 Å². The van der Waals surface area contributed by atoms with Crippen LogP contribution in [-0.2, 0) is 0 Å². The molecule has 0 spiro atoms. The van der Waals surface area contributed by atoms with E-state index in [0.717, 1.165) is 12.8 Å². The third kappa shape index (κ3) is 3.72. The molecule has 0 saturated carbocycles. The number of methoxy groups -OCH3 is 1. The van der Waals surface area contributed by atoms with Gasteiger partial charge in [-0.1, -0.05) is 26.7 Å². The van der Waals surface area contributed by atoms with Crippen molar-refractivity contribution in [3.05, 3.63) is 0 Å². The molecular formula is C11H21N5O. The van der Waals surface area contributed by atoms with Crippen LogP contribution in [-0.4, -0.2) is 28.1 Å². The maximum absolute atomic E-state index is 5.57. The first-order chi connectivity index (χ1) is 8.10. The third-order valence-electron chi connectivity index (χ3n) is 2.93. The van der Waals surface area contributed by atoms with E-state index in [1.165, 1.54) is 7.11 Å². The van der Waals surface area contributed by atoms with Crippen molar-refractivity contribution in [2.24, 2.45) is 5.92 Å². The minimum absolute atomic E-state index is 0.163. The normalized spacial score (nSPS) is 12.5. The molecule has 0 saturated heterocycles. The lowest BCUT2D eigenvalue weighted by molar-refractivity contribution is 0.378. The van der Waals surface area contributed by atoms with E-state index in [1.54, 1.807) is 0 Å². The standard InChI is InChI=1S/C11H21N5O/c1-5-8(6-2)7(3)13-10-14-9(12)15-11(16-10)17-4/h7-8H,5-6H2,1-4H3,(H3,12,13,14,15,16). The number of aromatic nitrogens is 3. The van der Waals surface area contributed by atoms with Crippen LogP contribution in [0.5, 0.6) is 6.01 Å². The number of ether oxygens (including phenoxy) is 1. The fraction of sp³-hybridized carbons (Fsp3) is 0.727. The van der Waals surface area contributed by atoms with Crippen LogP contribution in [0.2, 0.25) is 0 Å². The molecule has 0 aliphatic heterocycles. The summed E-state index contributed by atoms with van der Waals surface area (Å²) in [6, 6.07) is 0.522. The largest absolute Gasteiger partial charge is 0.467 e. The number of rotatable bonds is 6. The lowest BCUT2D eigenvalue weighted by Gasteiger charge is -2.22. The monoisotopic (exact) mass is 239 g/mol. The lowest BCUT2D eigenvalue weighted by atomic mass is 9.96. The van der Waals surface area contributed by atoms with Crippen molar-refractivity contribution in [1.82, 2.24) is 15.0 Å². The molecule has 17 heavy (non-hydrogen) atoms. The minimum atomic E-state index is 0.163. The average Bonchev–Trinajstić information content (AvgIpc) is 2.29. The highest BCUT2D eigenvalue weighted by atomic mass is 16.5. The van der Waals surface area contributed by atoms with E-state index in [-0.39, 0.29) is 18.0 Å². The zero-order valence-corrected chi connectivity index (χ0v) is 10.9. The van der Waals surface area contributed by atoms with Gasteiger partial charge in [-0.15, -0.1) is 0 Å². The van der Waals surface area contributed by atoms with Gasteiger partial charge in [-0.2, -0.15) is 15.0 Å². The van der Waals surface area contributed by atoms with Gasteiger partial charge in [0.15, 0.2) is 0 Å². The van der Waals surface area contributed by atoms with E-state index in [0.29, 0.717) is 11.9 Å². The van der Waals surface area contributed by atoms with Gasteiger partial charge in [-0.3, -0.25) is 0 Å². The molecule has 1 aromatic heterocycles. The molecule has 0 amide bonds. The molecular weight excluding hydrogens is 218 g/mol. The third-order valence-corrected chi connectivity index (χ3v) is 2.93. The molecule has 0 fully saturated rings. The van der Waals surface area contributed by atoms with Crippen LogP contribution in [0.15, 0.2) is 0 Å². The van der Waals surface area contributed by atoms with Gasteiger partial charge in [0.05, 0.1) is 7.11 Å². The Balaban J connectivity index is 2.76. The van der Waals surface area contributed by atoms with Crippen LogP contribution in [0.4, 0.5) is 11.9 Å². The van der Waals surface area contributed by atoms with Crippen LogP contribution in [0.3, 0.4) is 0 Å². The molecule has 0 bridgehead atoms. The molecule has 6 nitrogen and oxygen atoms in total. The van der Waals surface area contributed by atoms with Crippen LogP contribution in [0.1, 0.15) is 33.6 Å². The fourth-order valence-corrected chi connectivity index (χ4v) is 1.85. The number of hydrogen-bond donors (Lipinski definition) is 2. The van der Waals surface area contributed by atoms with E-state index in [4.69, 9.17) is 10.5 Å². The summed E-state index contributed by atoms with van der Waals surface area (Å²) in [4.78, 5) is 12.0. The molecule has 6 heteroatoms. The lowest BCUT2D eigenvalue weighted by Crippen LogP contribution is -2.26. The van der Waals surface area contributed by atoms with Crippen molar-refractivity contribution < 1.29 is 4.74 Å². The van der Waals surface area contributed by atoms with E-state index in [2.05, 4.69) is 41.0 Å². The zero-order chi connectivity index (χ0) is 12.8. The van der Waals surface area contributed by atoms with Gasteiger partial charge in [0.2, 0.25) is 11.9 Å². The number of nitrogens with two attached hydrogens (primary N) is 1. The summed E-state index contributed by atoms with van der Waals surface area (Å²) in [5, 5.41) is 3.24. The van der Waals surface area contributed by atoms with Crippen LogP contribution >= 0.6 is 0 Å². The Morgan fingerprint density at radius 2 is 1.88 bits per heavy atom. The summed E-state index contributed by atoms with van der Waals surface area (Å²) in [5.74, 6) is 1.21. The molecule has 0 aliphatic carbocycles. The van der Waals surface area contributed by atoms with Crippen molar-refractivity contribution in [1.29, 1.82) is 0 Å². The molecule has 3 N–H and O–H groups in total. The van der Waals surface area contributed by atoms with Crippen LogP contribution in [0, 0.1) is 5.92 Å². The molecule has 0 radical (unpaired) electrons. The van der Waals surface area contributed by atoms with Gasteiger partial charge in [0.1, 0.15) is 0 Å². The number of nitrogen functional groups attached to an aromatic ring is 1. The van der Waals surface area contributed by atoms with Crippen molar-refractivity contribution in [3.63, 3.8) is 0 Å². The van der Waals surface area contributed by atoms with Gasteiger partial charge in [0.25, 0.3) is 0 Å². The van der Waals surface area contributed by atoms with Crippen molar-refractivity contribution in [2.75, 3.05) is 18.2 Å². The SMILES string of the molecule is CCC(CC)C(C)Nc1nc(N)nc(OC)n1. The van der Waals surface area contributed by atoms with Gasteiger partial charge in [-0.25, -0.2) is 0 Å². The maximum atomic E-state index is 5.57. The van der Waals surface area contributed by atoms with E-state index >= 15 is 0 Å².